The van der Waals surface area contributed by atoms with E-state index in [2.05, 4.69) is 0 Å². The van der Waals surface area contributed by atoms with E-state index < -0.39 is 5.92 Å². The van der Waals surface area contributed by atoms with E-state index in [1.807, 2.05) is 19.1 Å². The van der Waals surface area contributed by atoms with Crippen molar-refractivity contribution in [3.63, 3.8) is 0 Å². The summed E-state index contributed by atoms with van der Waals surface area (Å²) in [5.74, 6) is -0.0714. The highest BCUT2D eigenvalue weighted by Crippen LogP contribution is 2.45. The van der Waals surface area contributed by atoms with Gasteiger partial charge in [0.1, 0.15) is 17.5 Å². The number of esters is 1. The van der Waals surface area contributed by atoms with E-state index in [4.69, 9.17) is 9.15 Å². The van der Waals surface area contributed by atoms with E-state index in [-0.39, 0.29) is 17.2 Å². The number of Topliss-reactive ketones (excluding diaryl/α,β-unsaturated/α-hetero) is 1. The van der Waals surface area contributed by atoms with Crippen LogP contribution < -0.4 is 0 Å². The molecule has 0 N–H and O–H groups in total. The third kappa shape index (κ3) is 2.88. The molecule has 1 aliphatic rings. The van der Waals surface area contributed by atoms with Crippen LogP contribution in [0.2, 0.25) is 0 Å². The lowest BCUT2D eigenvalue weighted by Crippen LogP contribution is -2.34. The van der Waals surface area contributed by atoms with Crippen molar-refractivity contribution in [1.29, 1.82) is 0 Å². The molecule has 1 aromatic rings. The van der Waals surface area contributed by atoms with Crippen molar-refractivity contribution in [2.45, 2.75) is 39.5 Å². The maximum Gasteiger partial charge on any atom is 0.317 e. The minimum atomic E-state index is -0.609. The Morgan fingerprint density at radius 1 is 1.58 bits per heavy atom. The highest BCUT2D eigenvalue weighted by atomic mass is 16.5. The summed E-state index contributed by atoms with van der Waals surface area (Å²) in [5.41, 5.74) is -0.309. The van der Waals surface area contributed by atoms with Gasteiger partial charge in [-0.3, -0.25) is 9.59 Å². The van der Waals surface area contributed by atoms with Crippen LogP contribution in [0.15, 0.2) is 22.8 Å². The van der Waals surface area contributed by atoms with Gasteiger partial charge in [0, 0.05) is 12.8 Å². The minimum absolute atomic E-state index is 0.0143. The van der Waals surface area contributed by atoms with E-state index in [9.17, 15) is 9.59 Å². The zero-order valence-electron chi connectivity index (χ0n) is 11.5. The number of hydrogen-bond donors (Lipinski definition) is 0. The molecule has 4 nitrogen and oxygen atoms in total. The second-order valence-electron chi connectivity index (χ2n) is 5.38. The normalized spacial score (nSPS) is 26.6. The molecule has 0 radical (unpaired) electrons. The summed E-state index contributed by atoms with van der Waals surface area (Å²) in [4.78, 5) is 23.9. The Kier molecular flexibility index (Phi) is 4.08. The lowest BCUT2D eigenvalue weighted by atomic mass is 9.75. The van der Waals surface area contributed by atoms with Crippen LogP contribution in [-0.2, 0) is 20.7 Å². The Morgan fingerprint density at radius 3 is 3.00 bits per heavy atom. The second-order valence-corrected chi connectivity index (χ2v) is 5.38. The summed E-state index contributed by atoms with van der Waals surface area (Å²) in [7, 11) is 0. The van der Waals surface area contributed by atoms with Crippen molar-refractivity contribution in [2.75, 3.05) is 6.61 Å². The van der Waals surface area contributed by atoms with Crippen LogP contribution in [0.4, 0.5) is 0 Å². The van der Waals surface area contributed by atoms with Crippen molar-refractivity contribution in [3.8, 4) is 0 Å². The largest absolute Gasteiger partial charge is 0.469 e. The summed E-state index contributed by atoms with van der Waals surface area (Å²) < 4.78 is 10.4. The van der Waals surface area contributed by atoms with Crippen LogP contribution in [-0.4, -0.2) is 18.4 Å². The first-order valence-corrected chi connectivity index (χ1v) is 6.78. The van der Waals surface area contributed by atoms with Crippen molar-refractivity contribution in [1.82, 2.24) is 0 Å². The summed E-state index contributed by atoms with van der Waals surface area (Å²) in [6.45, 7) is 4.08. The summed E-state index contributed by atoms with van der Waals surface area (Å²) in [6.07, 6.45) is 4.36. The molecular formula is C15H20O4. The molecule has 0 saturated heterocycles. The van der Waals surface area contributed by atoms with Gasteiger partial charge in [-0.05, 0) is 37.3 Å². The molecule has 19 heavy (non-hydrogen) atoms. The number of rotatable bonds is 5. The highest BCUT2D eigenvalue weighted by molar-refractivity contribution is 6.01. The molecule has 2 atom stereocenters. The van der Waals surface area contributed by atoms with E-state index in [0.717, 1.165) is 25.0 Å². The molecule has 0 aliphatic heterocycles. The van der Waals surface area contributed by atoms with Crippen molar-refractivity contribution >= 4 is 11.8 Å². The molecule has 1 heterocycles. The first-order valence-electron chi connectivity index (χ1n) is 6.78. The number of carbonyl (C=O) groups is 2. The van der Waals surface area contributed by atoms with Crippen LogP contribution in [0.3, 0.4) is 0 Å². The van der Waals surface area contributed by atoms with Crippen molar-refractivity contribution in [3.05, 3.63) is 24.2 Å². The third-order valence-corrected chi connectivity index (χ3v) is 4.01. The SMILES string of the molecule is CCOC(=O)C1C(=O)CCC1(C)CCc1ccco1. The van der Waals surface area contributed by atoms with Gasteiger partial charge in [0.05, 0.1) is 12.9 Å². The number of ketones is 1. The van der Waals surface area contributed by atoms with E-state index >= 15 is 0 Å². The van der Waals surface area contributed by atoms with Gasteiger partial charge in [-0.1, -0.05) is 6.92 Å². The Morgan fingerprint density at radius 2 is 2.37 bits per heavy atom. The number of furan rings is 1. The van der Waals surface area contributed by atoms with E-state index in [0.29, 0.717) is 13.0 Å². The standard InChI is InChI=1S/C15H20O4/c1-3-18-14(17)13-12(16)7-9-15(13,2)8-6-11-5-4-10-19-11/h4-5,10,13H,3,6-9H2,1-2H3. The quantitative estimate of drug-likeness (QED) is 0.606. The number of ether oxygens (including phenoxy) is 1. The molecule has 0 bridgehead atoms. The summed E-state index contributed by atoms with van der Waals surface area (Å²) >= 11 is 0. The summed E-state index contributed by atoms with van der Waals surface area (Å²) in [6, 6.07) is 3.76. The van der Waals surface area contributed by atoms with Gasteiger partial charge >= 0.3 is 5.97 Å². The molecule has 4 heteroatoms. The Bertz CT molecular complexity index is 449. The molecule has 1 fully saturated rings. The zero-order valence-corrected chi connectivity index (χ0v) is 11.5. The van der Waals surface area contributed by atoms with Crippen LogP contribution in [0, 0.1) is 11.3 Å². The average Bonchev–Trinajstić information content (AvgIpc) is 2.96. The Labute approximate surface area is 113 Å². The fraction of sp³-hybridized carbons (Fsp3) is 0.600. The minimum Gasteiger partial charge on any atom is -0.469 e. The van der Waals surface area contributed by atoms with Crippen LogP contribution in [0.5, 0.6) is 0 Å². The average molecular weight is 264 g/mol. The molecule has 2 unspecified atom stereocenters. The van der Waals surface area contributed by atoms with Gasteiger partial charge in [0.25, 0.3) is 0 Å². The van der Waals surface area contributed by atoms with Crippen LogP contribution in [0.1, 0.15) is 38.9 Å². The predicted molar refractivity (Wildman–Crippen MR) is 69.5 cm³/mol. The fourth-order valence-corrected chi connectivity index (χ4v) is 2.86. The van der Waals surface area contributed by atoms with Gasteiger partial charge < -0.3 is 9.15 Å². The smallest absolute Gasteiger partial charge is 0.317 e. The van der Waals surface area contributed by atoms with Crippen molar-refractivity contribution < 1.29 is 18.7 Å². The van der Waals surface area contributed by atoms with Crippen molar-refractivity contribution in [2.24, 2.45) is 11.3 Å². The van der Waals surface area contributed by atoms with Gasteiger partial charge in [-0.15, -0.1) is 0 Å². The Balaban J connectivity index is 2.06. The van der Waals surface area contributed by atoms with E-state index in [1.54, 1.807) is 13.2 Å². The molecule has 1 aliphatic carbocycles. The van der Waals surface area contributed by atoms with Gasteiger partial charge in [0.15, 0.2) is 0 Å². The molecule has 0 amide bonds. The first-order chi connectivity index (χ1) is 9.07. The molecule has 1 aromatic heterocycles. The molecule has 1 saturated carbocycles. The van der Waals surface area contributed by atoms with Gasteiger partial charge in [-0.2, -0.15) is 0 Å². The number of carbonyl (C=O) groups excluding carboxylic acids is 2. The number of aryl methyl sites for hydroxylation is 1. The first kappa shape index (κ1) is 13.8. The van der Waals surface area contributed by atoms with Crippen LogP contribution in [0.25, 0.3) is 0 Å². The highest BCUT2D eigenvalue weighted by Gasteiger charge is 2.49. The topological polar surface area (TPSA) is 56.5 Å². The van der Waals surface area contributed by atoms with Crippen LogP contribution >= 0.6 is 0 Å². The lowest BCUT2D eigenvalue weighted by molar-refractivity contribution is -0.154. The second kappa shape index (κ2) is 5.59. The maximum absolute atomic E-state index is 12.0. The third-order valence-electron chi connectivity index (χ3n) is 4.01. The predicted octanol–water partition coefficient (Wildman–Crippen LogP) is 2.76. The maximum atomic E-state index is 12.0. The molecule has 0 aromatic carbocycles. The van der Waals surface area contributed by atoms with Gasteiger partial charge in [-0.25, -0.2) is 0 Å². The summed E-state index contributed by atoms with van der Waals surface area (Å²) in [5, 5.41) is 0. The molecule has 0 spiro atoms. The zero-order chi connectivity index (χ0) is 13.9. The number of hydrogen-bond acceptors (Lipinski definition) is 4. The molecule has 104 valence electrons. The molecule has 2 rings (SSSR count). The van der Waals surface area contributed by atoms with Gasteiger partial charge in [0.2, 0.25) is 0 Å². The van der Waals surface area contributed by atoms with E-state index in [1.165, 1.54) is 0 Å². The molecular weight excluding hydrogens is 244 g/mol. The lowest BCUT2D eigenvalue weighted by Gasteiger charge is -2.28. The fourth-order valence-electron chi connectivity index (χ4n) is 2.86. The monoisotopic (exact) mass is 264 g/mol. The Hall–Kier alpha value is -1.58.